The van der Waals surface area contributed by atoms with Gasteiger partial charge in [0.1, 0.15) is 23.9 Å². The standard InChI is InChI=1S/C49H76N6O11/c1-31(2)42(51-48(64)49(4,5)52-38(56)24-16-11-17-27-55-39(57)25-26-40(55)58)46(61)53(6)43(34-21-14-10-15-22-34)37(65-7)30-41(59)54-28-18-23-36(54)44(66-8)32(3)45(60)50-35(47(62)63)29-33-19-12-9-13-20-33/h9,12-13,19-20,25-26,31-32,34-37,39,42-44,57H,10-11,14-18,21-24,27-30H2,1-8H3,(H,50,60)(H,51,64)(H,52,56)(H,62,63). The fourth-order valence-electron chi connectivity index (χ4n) is 9.77. The number of hydrogen-bond donors (Lipinski definition) is 5. The van der Waals surface area contributed by atoms with E-state index in [0.29, 0.717) is 45.2 Å². The third-order valence-electron chi connectivity index (χ3n) is 13.6. The second-order valence-corrected chi connectivity index (χ2v) is 19.2. The van der Waals surface area contributed by atoms with Gasteiger partial charge in [-0.05, 0) is 75.8 Å². The van der Waals surface area contributed by atoms with Crippen molar-refractivity contribution in [2.24, 2.45) is 17.8 Å². The van der Waals surface area contributed by atoms with Crippen molar-refractivity contribution in [2.45, 2.75) is 166 Å². The van der Waals surface area contributed by atoms with E-state index < -0.39 is 71.8 Å². The summed E-state index contributed by atoms with van der Waals surface area (Å²) in [6.45, 7) is 9.33. The van der Waals surface area contributed by atoms with Crippen molar-refractivity contribution in [1.29, 1.82) is 0 Å². The Bertz CT molecular complexity index is 1840. The Morgan fingerprint density at radius 1 is 0.909 bits per heavy atom. The maximum atomic E-state index is 14.6. The number of aliphatic carboxylic acids is 1. The maximum Gasteiger partial charge on any atom is 0.326 e. The molecule has 66 heavy (non-hydrogen) atoms. The van der Waals surface area contributed by atoms with Gasteiger partial charge in [-0.2, -0.15) is 0 Å². The Labute approximate surface area is 390 Å². The SMILES string of the molecule is COC(CC(=O)N1CCCC1C(OC)C(C)C(=O)NC(Cc1ccccc1)C(=O)O)C(C1CCCCC1)N(C)C(=O)C(NC(=O)C(C)(C)NC(=O)CCCCCN1C(=O)C=CC1O)C(C)C. The van der Waals surface area contributed by atoms with E-state index in [2.05, 4.69) is 16.0 Å². The van der Waals surface area contributed by atoms with Crippen molar-refractivity contribution < 1.29 is 53.2 Å². The van der Waals surface area contributed by atoms with Crippen LogP contribution >= 0.6 is 0 Å². The monoisotopic (exact) mass is 925 g/mol. The summed E-state index contributed by atoms with van der Waals surface area (Å²) in [5.74, 6) is -4.40. The number of aliphatic hydroxyl groups excluding tert-OH is 1. The minimum Gasteiger partial charge on any atom is -0.480 e. The molecule has 2 fully saturated rings. The van der Waals surface area contributed by atoms with Crippen molar-refractivity contribution in [1.82, 2.24) is 30.7 Å². The van der Waals surface area contributed by atoms with Gasteiger partial charge < -0.3 is 50.3 Å². The van der Waals surface area contributed by atoms with E-state index in [1.54, 1.807) is 49.8 Å². The number of likely N-dealkylation sites (tertiary alicyclic amines) is 1. The summed E-state index contributed by atoms with van der Waals surface area (Å²) in [5, 5.41) is 28.3. The molecule has 1 aromatic rings. The van der Waals surface area contributed by atoms with Crippen LogP contribution < -0.4 is 16.0 Å². The predicted molar refractivity (Wildman–Crippen MR) is 247 cm³/mol. The summed E-state index contributed by atoms with van der Waals surface area (Å²) in [6, 6.07) is 5.97. The van der Waals surface area contributed by atoms with E-state index in [9.17, 15) is 43.8 Å². The first kappa shape index (κ1) is 53.7. The Balaban J connectivity index is 1.42. The fourth-order valence-corrected chi connectivity index (χ4v) is 9.77. The molecule has 0 bridgehead atoms. The molecular formula is C49H76N6O11. The molecule has 0 aromatic heterocycles. The van der Waals surface area contributed by atoms with Crippen molar-refractivity contribution in [3.63, 3.8) is 0 Å². The maximum absolute atomic E-state index is 14.6. The molecule has 8 atom stereocenters. The molecule has 2 heterocycles. The normalized spacial score (nSPS) is 20.6. The number of nitrogens with zero attached hydrogens (tertiary/aromatic N) is 3. The average Bonchev–Trinajstić information content (AvgIpc) is 3.90. The molecule has 1 saturated heterocycles. The Hall–Kier alpha value is -4.87. The largest absolute Gasteiger partial charge is 0.480 e. The van der Waals surface area contributed by atoms with Crippen molar-refractivity contribution in [2.75, 3.05) is 34.4 Å². The molecule has 17 nitrogen and oxygen atoms in total. The van der Waals surface area contributed by atoms with Crippen molar-refractivity contribution in [3.8, 4) is 0 Å². The minimum absolute atomic E-state index is 0.0187. The van der Waals surface area contributed by atoms with Gasteiger partial charge in [0, 0.05) is 53.3 Å². The van der Waals surface area contributed by atoms with Gasteiger partial charge in [0.05, 0.1) is 36.6 Å². The van der Waals surface area contributed by atoms with Gasteiger partial charge in [0.25, 0.3) is 0 Å². The number of carbonyl (C=O) groups excluding carboxylic acids is 6. The predicted octanol–water partition coefficient (Wildman–Crippen LogP) is 3.57. The quantitative estimate of drug-likeness (QED) is 0.0892. The van der Waals surface area contributed by atoms with Gasteiger partial charge in [-0.1, -0.05) is 76.8 Å². The molecule has 1 aliphatic carbocycles. The van der Waals surface area contributed by atoms with Crippen LogP contribution in [0.5, 0.6) is 0 Å². The third kappa shape index (κ3) is 14.6. The Morgan fingerprint density at radius 3 is 2.18 bits per heavy atom. The zero-order valence-corrected chi connectivity index (χ0v) is 40.3. The molecule has 0 radical (unpaired) electrons. The lowest BCUT2D eigenvalue weighted by Gasteiger charge is -2.43. The average molecular weight is 925 g/mol. The second-order valence-electron chi connectivity index (χ2n) is 19.2. The van der Waals surface area contributed by atoms with Crippen molar-refractivity contribution >= 4 is 41.4 Å². The van der Waals surface area contributed by atoms with Gasteiger partial charge >= 0.3 is 5.97 Å². The number of unbranched alkanes of at least 4 members (excludes halogenated alkanes) is 2. The summed E-state index contributed by atoms with van der Waals surface area (Å²) < 4.78 is 12.0. The number of carboxylic acid groups (broad SMARTS) is 1. The molecule has 1 aromatic carbocycles. The number of hydrogen-bond acceptors (Lipinski definition) is 10. The molecule has 1 saturated carbocycles. The van der Waals surface area contributed by atoms with Crippen LogP contribution in [0.25, 0.3) is 0 Å². The Morgan fingerprint density at radius 2 is 1.59 bits per heavy atom. The van der Waals surface area contributed by atoms with Crippen LogP contribution in [0.2, 0.25) is 0 Å². The van der Waals surface area contributed by atoms with Gasteiger partial charge in [-0.3, -0.25) is 28.8 Å². The highest BCUT2D eigenvalue weighted by atomic mass is 16.5. The van der Waals surface area contributed by atoms with Gasteiger partial charge in [-0.15, -0.1) is 0 Å². The van der Waals surface area contributed by atoms with Crippen LogP contribution in [-0.2, 0) is 49.5 Å². The second kappa shape index (κ2) is 25.3. The van der Waals surface area contributed by atoms with E-state index in [-0.39, 0.29) is 54.7 Å². The Kier molecular flexibility index (Phi) is 20.6. The van der Waals surface area contributed by atoms with Crippen LogP contribution in [0.15, 0.2) is 42.5 Å². The lowest BCUT2D eigenvalue weighted by atomic mass is 9.80. The first-order valence-electron chi connectivity index (χ1n) is 23.8. The molecule has 4 rings (SSSR count). The zero-order valence-electron chi connectivity index (χ0n) is 40.3. The number of nitrogens with one attached hydrogen (secondary N) is 3. The summed E-state index contributed by atoms with van der Waals surface area (Å²) in [4.78, 5) is 98.3. The fraction of sp³-hybridized carbons (Fsp3) is 0.694. The number of carbonyl (C=O) groups is 7. The first-order valence-corrected chi connectivity index (χ1v) is 23.8. The molecule has 2 aliphatic heterocycles. The lowest BCUT2D eigenvalue weighted by molar-refractivity contribution is -0.149. The van der Waals surface area contributed by atoms with E-state index in [0.717, 1.165) is 37.7 Å². The highest BCUT2D eigenvalue weighted by Crippen LogP contribution is 2.34. The zero-order chi connectivity index (χ0) is 48.7. The number of ether oxygens (including phenoxy) is 2. The number of aliphatic hydroxyl groups is 1. The lowest BCUT2D eigenvalue weighted by Crippen LogP contribution is -2.62. The van der Waals surface area contributed by atoms with Gasteiger partial charge in [0.15, 0.2) is 0 Å². The third-order valence-corrected chi connectivity index (χ3v) is 13.6. The molecular weight excluding hydrogens is 849 g/mol. The van der Waals surface area contributed by atoms with Gasteiger partial charge in [0.2, 0.25) is 35.4 Å². The van der Waals surface area contributed by atoms with E-state index in [4.69, 9.17) is 9.47 Å². The topological polar surface area (TPSA) is 224 Å². The molecule has 0 spiro atoms. The highest BCUT2D eigenvalue weighted by Gasteiger charge is 2.45. The molecule has 368 valence electrons. The van der Waals surface area contributed by atoms with Crippen LogP contribution in [0.3, 0.4) is 0 Å². The first-order chi connectivity index (χ1) is 31.3. The number of methoxy groups -OCH3 is 2. The summed E-state index contributed by atoms with van der Waals surface area (Å²) >= 11 is 0. The summed E-state index contributed by atoms with van der Waals surface area (Å²) in [7, 11) is 4.72. The van der Waals surface area contributed by atoms with Crippen LogP contribution in [-0.4, -0.2) is 149 Å². The molecule has 6 amide bonds. The molecule has 5 N–H and O–H groups in total. The van der Waals surface area contributed by atoms with E-state index in [1.807, 2.05) is 32.0 Å². The van der Waals surface area contributed by atoms with Crippen molar-refractivity contribution in [3.05, 3.63) is 48.0 Å². The van der Waals surface area contributed by atoms with Crippen LogP contribution in [0.1, 0.15) is 117 Å². The number of likely N-dealkylation sites (N-methyl/N-ethyl adjacent to an activating group) is 1. The van der Waals surface area contributed by atoms with Crippen LogP contribution in [0.4, 0.5) is 0 Å². The number of benzene rings is 1. The van der Waals surface area contributed by atoms with E-state index in [1.165, 1.54) is 31.3 Å². The number of amides is 6. The van der Waals surface area contributed by atoms with Gasteiger partial charge in [-0.25, -0.2) is 4.79 Å². The molecule has 8 unspecified atom stereocenters. The number of carboxylic acids is 1. The smallest absolute Gasteiger partial charge is 0.326 e. The molecule has 3 aliphatic rings. The minimum atomic E-state index is -1.35. The highest BCUT2D eigenvalue weighted by molar-refractivity contribution is 5.94. The molecule has 17 heteroatoms. The summed E-state index contributed by atoms with van der Waals surface area (Å²) in [6.07, 6.45) is 8.28. The van der Waals surface area contributed by atoms with E-state index >= 15 is 0 Å². The summed E-state index contributed by atoms with van der Waals surface area (Å²) in [5.41, 5.74) is -0.583. The number of rotatable bonds is 25. The van der Waals surface area contributed by atoms with Crippen LogP contribution in [0, 0.1) is 17.8 Å².